The van der Waals surface area contributed by atoms with Gasteiger partial charge in [0.25, 0.3) is 0 Å². The van der Waals surface area contributed by atoms with Gasteiger partial charge in [-0.3, -0.25) is 5.10 Å². The van der Waals surface area contributed by atoms with Crippen molar-refractivity contribution in [2.24, 2.45) is 0 Å². The van der Waals surface area contributed by atoms with E-state index in [0.29, 0.717) is 22.5 Å². The highest BCUT2D eigenvalue weighted by Gasteiger charge is 2.10. The van der Waals surface area contributed by atoms with Gasteiger partial charge in [-0.2, -0.15) is 15.1 Å². The highest BCUT2D eigenvalue weighted by Crippen LogP contribution is 2.26. The number of fused-ring (bicyclic) bond motifs is 1. The lowest BCUT2D eigenvalue weighted by molar-refractivity contribution is 0.387. The molecule has 0 saturated carbocycles. The van der Waals surface area contributed by atoms with Gasteiger partial charge < -0.3 is 15.8 Å². The Morgan fingerprint density at radius 1 is 1.35 bits per heavy atom. The first-order chi connectivity index (χ1) is 9.67. The Morgan fingerprint density at radius 3 is 3.00 bits per heavy atom. The minimum absolute atomic E-state index is 0.110. The number of rotatable bonds is 3. The first-order valence-electron chi connectivity index (χ1n) is 5.74. The minimum atomic E-state index is -0.436. The van der Waals surface area contributed by atoms with Gasteiger partial charge in [0, 0.05) is 11.8 Å². The van der Waals surface area contributed by atoms with Crippen molar-refractivity contribution in [2.75, 3.05) is 18.2 Å². The summed E-state index contributed by atoms with van der Waals surface area (Å²) in [5, 5.41) is 10.3. The molecule has 0 amide bonds. The fourth-order valence-electron chi connectivity index (χ4n) is 1.82. The topological polar surface area (TPSA) is 102 Å². The van der Waals surface area contributed by atoms with Gasteiger partial charge in [-0.1, -0.05) is 0 Å². The third-order valence-corrected chi connectivity index (χ3v) is 2.74. The Hall–Kier alpha value is -2.90. The smallest absolute Gasteiger partial charge is 0.224 e. The minimum Gasteiger partial charge on any atom is -0.494 e. The standard InChI is InChI=1S/C12H11FN6O/c1-20-9-4-6(2-3-8(9)13)16-10-7-5-15-19-11(7)18-12(14)17-10/h2-5H,1H3,(H4,14,15,16,17,18,19). The molecule has 0 bridgehead atoms. The van der Waals surface area contributed by atoms with E-state index >= 15 is 0 Å². The second-order valence-electron chi connectivity index (χ2n) is 4.04. The number of nitrogens with two attached hydrogens (primary N) is 1. The quantitative estimate of drug-likeness (QED) is 0.673. The van der Waals surface area contributed by atoms with Crippen LogP contribution in [-0.2, 0) is 0 Å². The zero-order chi connectivity index (χ0) is 14.1. The van der Waals surface area contributed by atoms with Crippen molar-refractivity contribution in [3.8, 4) is 5.75 Å². The number of methoxy groups -OCH3 is 1. The normalized spacial score (nSPS) is 10.7. The number of nitrogens with one attached hydrogen (secondary N) is 2. The zero-order valence-electron chi connectivity index (χ0n) is 10.5. The molecule has 4 N–H and O–H groups in total. The SMILES string of the molecule is COc1cc(Nc2nc(N)nc3[nH]ncc23)ccc1F. The van der Waals surface area contributed by atoms with E-state index in [-0.39, 0.29) is 11.7 Å². The van der Waals surface area contributed by atoms with E-state index in [2.05, 4.69) is 25.5 Å². The number of nitrogen functional groups attached to an aromatic ring is 1. The lowest BCUT2D eigenvalue weighted by Crippen LogP contribution is -2.01. The van der Waals surface area contributed by atoms with E-state index in [1.54, 1.807) is 12.3 Å². The van der Waals surface area contributed by atoms with E-state index in [4.69, 9.17) is 10.5 Å². The third kappa shape index (κ3) is 2.07. The summed E-state index contributed by atoms with van der Waals surface area (Å²) in [4.78, 5) is 8.12. The molecule has 0 aliphatic rings. The average molecular weight is 274 g/mol. The van der Waals surface area contributed by atoms with Crippen molar-refractivity contribution in [1.82, 2.24) is 20.2 Å². The van der Waals surface area contributed by atoms with Gasteiger partial charge in [0.1, 0.15) is 5.82 Å². The van der Waals surface area contributed by atoms with Crippen molar-refractivity contribution in [3.63, 3.8) is 0 Å². The Morgan fingerprint density at radius 2 is 2.20 bits per heavy atom. The summed E-state index contributed by atoms with van der Waals surface area (Å²) < 4.78 is 18.3. The van der Waals surface area contributed by atoms with E-state index in [0.717, 1.165) is 0 Å². The largest absolute Gasteiger partial charge is 0.494 e. The molecule has 8 heteroatoms. The van der Waals surface area contributed by atoms with Crippen molar-refractivity contribution >= 4 is 28.5 Å². The molecule has 0 aliphatic heterocycles. The predicted molar refractivity (Wildman–Crippen MR) is 72.3 cm³/mol. The van der Waals surface area contributed by atoms with Gasteiger partial charge in [0.2, 0.25) is 5.95 Å². The summed E-state index contributed by atoms with van der Waals surface area (Å²) in [7, 11) is 1.40. The molecule has 0 radical (unpaired) electrons. The molecular weight excluding hydrogens is 263 g/mol. The highest BCUT2D eigenvalue weighted by atomic mass is 19.1. The van der Waals surface area contributed by atoms with Crippen LogP contribution in [0.15, 0.2) is 24.4 Å². The third-order valence-electron chi connectivity index (χ3n) is 2.74. The summed E-state index contributed by atoms with van der Waals surface area (Å²) in [6.45, 7) is 0. The molecule has 3 aromatic rings. The number of ether oxygens (including phenoxy) is 1. The second kappa shape index (κ2) is 4.65. The molecule has 0 atom stereocenters. The Bertz CT molecular complexity index is 772. The van der Waals surface area contributed by atoms with Crippen LogP contribution in [-0.4, -0.2) is 27.3 Å². The number of anilines is 3. The Labute approximate surface area is 113 Å². The molecule has 3 rings (SSSR count). The van der Waals surface area contributed by atoms with E-state index in [1.807, 2.05) is 0 Å². The van der Waals surface area contributed by atoms with E-state index in [1.165, 1.54) is 19.2 Å². The van der Waals surface area contributed by atoms with Crippen LogP contribution in [0.4, 0.5) is 21.8 Å². The van der Waals surface area contributed by atoms with Crippen LogP contribution < -0.4 is 15.8 Å². The average Bonchev–Trinajstić information content (AvgIpc) is 2.89. The van der Waals surface area contributed by atoms with Crippen LogP contribution in [0, 0.1) is 5.82 Å². The summed E-state index contributed by atoms with van der Waals surface area (Å²) in [6.07, 6.45) is 1.58. The predicted octanol–water partition coefficient (Wildman–Crippen LogP) is 1.83. The van der Waals surface area contributed by atoms with Gasteiger partial charge in [0.15, 0.2) is 17.2 Å². The number of benzene rings is 1. The summed E-state index contributed by atoms with van der Waals surface area (Å²) in [5.74, 6) is 0.294. The molecule has 0 saturated heterocycles. The van der Waals surface area contributed by atoms with Gasteiger partial charge >= 0.3 is 0 Å². The number of hydrogen-bond acceptors (Lipinski definition) is 6. The zero-order valence-corrected chi connectivity index (χ0v) is 10.5. The van der Waals surface area contributed by atoms with Crippen LogP contribution in [0.5, 0.6) is 5.75 Å². The number of H-pyrrole nitrogens is 1. The van der Waals surface area contributed by atoms with Crippen LogP contribution in [0.3, 0.4) is 0 Å². The van der Waals surface area contributed by atoms with Gasteiger partial charge in [-0.15, -0.1) is 0 Å². The summed E-state index contributed by atoms with van der Waals surface area (Å²) in [6, 6.07) is 4.40. The van der Waals surface area contributed by atoms with Crippen LogP contribution >= 0.6 is 0 Å². The van der Waals surface area contributed by atoms with E-state index < -0.39 is 5.82 Å². The molecular formula is C12H11FN6O. The molecule has 1 aromatic carbocycles. The number of nitrogens with zero attached hydrogens (tertiary/aromatic N) is 3. The monoisotopic (exact) mass is 274 g/mol. The molecule has 0 fully saturated rings. The van der Waals surface area contributed by atoms with Crippen molar-refractivity contribution in [1.29, 1.82) is 0 Å². The van der Waals surface area contributed by atoms with Gasteiger partial charge in [-0.05, 0) is 12.1 Å². The lowest BCUT2D eigenvalue weighted by Gasteiger charge is -2.09. The van der Waals surface area contributed by atoms with Crippen molar-refractivity contribution in [3.05, 3.63) is 30.2 Å². The molecule has 0 spiro atoms. The van der Waals surface area contributed by atoms with Crippen LogP contribution in [0.25, 0.3) is 11.0 Å². The fourth-order valence-corrected chi connectivity index (χ4v) is 1.82. The number of aromatic nitrogens is 4. The van der Waals surface area contributed by atoms with E-state index in [9.17, 15) is 4.39 Å². The second-order valence-corrected chi connectivity index (χ2v) is 4.04. The maximum Gasteiger partial charge on any atom is 0.224 e. The molecule has 2 heterocycles. The molecule has 7 nitrogen and oxygen atoms in total. The summed E-state index contributed by atoms with van der Waals surface area (Å²) in [5.41, 5.74) is 6.76. The number of hydrogen-bond donors (Lipinski definition) is 3. The lowest BCUT2D eigenvalue weighted by atomic mass is 10.2. The Balaban J connectivity index is 2.02. The number of halogens is 1. The first-order valence-corrected chi connectivity index (χ1v) is 5.74. The molecule has 2 aromatic heterocycles. The molecule has 20 heavy (non-hydrogen) atoms. The first kappa shape index (κ1) is 12.2. The van der Waals surface area contributed by atoms with Gasteiger partial charge in [0.05, 0.1) is 18.7 Å². The number of aromatic amines is 1. The maximum absolute atomic E-state index is 13.4. The molecule has 102 valence electrons. The van der Waals surface area contributed by atoms with Crippen molar-refractivity contribution in [2.45, 2.75) is 0 Å². The molecule has 0 aliphatic carbocycles. The van der Waals surface area contributed by atoms with Crippen molar-refractivity contribution < 1.29 is 9.13 Å². The fraction of sp³-hybridized carbons (Fsp3) is 0.0833. The summed E-state index contributed by atoms with van der Waals surface area (Å²) >= 11 is 0. The Kier molecular flexibility index (Phi) is 2.82. The highest BCUT2D eigenvalue weighted by molar-refractivity contribution is 5.88. The van der Waals surface area contributed by atoms with Crippen LogP contribution in [0.2, 0.25) is 0 Å². The maximum atomic E-state index is 13.4. The van der Waals surface area contributed by atoms with Gasteiger partial charge in [-0.25, -0.2) is 4.39 Å². The van der Waals surface area contributed by atoms with Crippen LogP contribution in [0.1, 0.15) is 0 Å². The molecule has 0 unspecified atom stereocenters.